The Morgan fingerprint density at radius 3 is 2.78 bits per heavy atom. The van der Waals surface area contributed by atoms with E-state index in [2.05, 4.69) is 6.58 Å². The minimum absolute atomic E-state index is 0.230. The third-order valence-electron chi connectivity index (χ3n) is 2.60. The average Bonchev–Trinajstić information content (AvgIpc) is 2.20. The lowest BCUT2D eigenvalue weighted by molar-refractivity contribution is -0.0917. The maximum absolute atomic E-state index is 12.0. The van der Waals surface area contributed by atoms with Crippen molar-refractivity contribution in [2.24, 2.45) is 0 Å². The van der Waals surface area contributed by atoms with Crippen molar-refractivity contribution < 1.29 is 19.4 Å². The van der Waals surface area contributed by atoms with Crippen molar-refractivity contribution in [3.8, 4) is 0 Å². The zero-order chi connectivity index (χ0) is 13.8. The van der Waals surface area contributed by atoms with E-state index in [4.69, 9.17) is 9.47 Å². The Kier molecular flexibility index (Phi) is 5.16. The molecule has 0 unspecified atom stereocenters. The summed E-state index contributed by atoms with van der Waals surface area (Å²) in [6, 6.07) is 0. The van der Waals surface area contributed by atoms with Crippen LogP contribution in [0.25, 0.3) is 0 Å². The largest absolute Gasteiger partial charge is 0.444 e. The molecule has 0 aromatic rings. The van der Waals surface area contributed by atoms with Gasteiger partial charge in [-0.1, -0.05) is 12.2 Å². The van der Waals surface area contributed by atoms with E-state index in [0.717, 1.165) is 12.0 Å². The topological polar surface area (TPSA) is 59.0 Å². The molecule has 18 heavy (non-hydrogen) atoms. The van der Waals surface area contributed by atoms with Crippen molar-refractivity contribution in [3.63, 3.8) is 0 Å². The number of carbonyl (C=O) groups excluding carboxylic acids is 1. The lowest BCUT2D eigenvalue weighted by atomic mass is 10.1. The standard InChI is InChI=1S/C13H23NO4/c1-10-5-7-14(11(9-15)17-8-6-10)12(16)18-13(2,3)4/h11,15H,1,5-9H2,2-4H3/t11-/m1/s1. The molecule has 1 amide bonds. The van der Waals surface area contributed by atoms with Gasteiger partial charge < -0.3 is 14.6 Å². The third-order valence-corrected chi connectivity index (χ3v) is 2.60. The second-order valence-electron chi connectivity index (χ2n) is 5.43. The van der Waals surface area contributed by atoms with Gasteiger partial charge in [-0.15, -0.1) is 0 Å². The highest BCUT2D eigenvalue weighted by Gasteiger charge is 2.29. The molecule has 5 nitrogen and oxygen atoms in total. The maximum atomic E-state index is 12.0. The Balaban J connectivity index is 2.72. The monoisotopic (exact) mass is 257 g/mol. The van der Waals surface area contributed by atoms with Crippen LogP contribution in [0.5, 0.6) is 0 Å². The van der Waals surface area contributed by atoms with E-state index in [1.54, 1.807) is 0 Å². The first-order valence-corrected chi connectivity index (χ1v) is 6.22. The van der Waals surface area contributed by atoms with Gasteiger partial charge in [0.2, 0.25) is 0 Å². The molecule has 0 saturated carbocycles. The number of hydrogen-bond donors (Lipinski definition) is 1. The van der Waals surface area contributed by atoms with Crippen molar-refractivity contribution in [3.05, 3.63) is 12.2 Å². The Labute approximate surface area is 108 Å². The van der Waals surface area contributed by atoms with Gasteiger partial charge in [-0.2, -0.15) is 0 Å². The number of carbonyl (C=O) groups is 1. The normalized spacial score (nSPS) is 22.3. The quantitative estimate of drug-likeness (QED) is 0.729. The predicted octanol–water partition coefficient (Wildman–Crippen LogP) is 1.91. The van der Waals surface area contributed by atoms with E-state index in [-0.39, 0.29) is 6.61 Å². The van der Waals surface area contributed by atoms with Gasteiger partial charge in [-0.3, -0.25) is 4.90 Å². The Morgan fingerprint density at radius 2 is 2.22 bits per heavy atom. The zero-order valence-electron chi connectivity index (χ0n) is 11.4. The molecule has 0 aliphatic carbocycles. The lowest BCUT2D eigenvalue weighted by Gasteiger charge is -2.34. The van der Waals surface area contributed by atoms with Gasteiger partial charge in [0.1, 0.15) is 5.60 Å². The smallest absolute Gasteiger partial charge is 0.412 e. The first-order chi connectivity index (χ1) is 8.33. The van der Waals surface area contributed by atoms with Crippen LogP contribution in [0.15, 0.2) is 12.2 Å². The van der Waals surface area contributed by atoms with Crippen molar-refractivity contribution in [2.75, 3.05) is 19.8 Å². The van der Waals surface area contributed by atoms with Crippen molar-refractivity contribution in [1.82, 2.24) is 4.90 Å². The number of hydrogen-bond acceptors (Lipinski definition) is 4. The summed E-state index contributed by atoms with van der Waals surface area (Å²) < 4.78 is 10.8. The number of amides is 1. The van der Waals surface area contributed by atoms with E-state index in [0.29, 0.717) is 19.6 Å². The van der Waals surface area contributed by atoms with Crippen LogP contribution in [-0.4, -0.2) is 47.7 Å². The zero-order valence-corrected chi connectivity index (χ0v) is 11.4. The second-order valence-corrected chi connectivity index (χ2v) is 5.43. The van der Waals surface area contributed by atoms with Gasteiger partial charge in [0.15, 0.2) is 6.23 Å². The van der Waals surface area contributed by atoms with Gasteiger partial charge in [-0.05, 0) is 33.6 Å². The molecule has 5 heteroatoms. The average molecular weight is 257 g/mol. The van der Waals surface area contributed by atoms with Crippen LogP contribution >= 0.6 is 0 Å². The Bertz CT molecular complexity index is 309. The number of aliphatic hydroxyl groups is 1. The summed E-state index contributed by atoms with van der Waals surface area (Å²) in [5, 5.41) is 9.29. The highest BCUT2D eigenvalue weighted by atomic mass is 16.6. The highest BCUT2D eigenvalue weighted by molar-refractivity contribution is 5.68. The molecule has 1 atom stereocenters. The number of rotatable bonds is 1. The van der Waals surface area contributed by atoms with Crippen LogP contribution in [0, 0.1) is 0 Å². The minimum Gasteiger partial charge on any atom is -0.444 e. The van der Waals surface area contributed by atoms with Gasteiger partial charge in [-0.25, -0.2) is 4.79 Å². The molecule has 1 aliphatic heterocycles. The minimum atomic E-state index is -0.632. The molecule has 104 valence electrons. The molecule has 1 saturated heterocycles. The summed E-state index contributed by atoms with van der Waals surface area (Å²) >= 11 is 0. The van der Waals surface area contributed by atoms with Crippen LogP contribution in [0.3, 0.4) is 0 Å². The van der Waals surface area contributed by atoms with Gasteiger partial charge in [0.05, 0.1) is 13.2 Å². The molecule has 0 bridgehead atoms. The molecule has 1 rings (SSSR count). The van der Waals surface area contributed by atoms with E-state index in [1.165, 1.54) is 4.90 Å². The van der Waals surface area contributed by atoms with Crippen LogP contribution < -0.4 is 0 Å². The summed E-state index contributed by atoms with van der Waals surface area (Å²) in [5.41, 5.74) is 0.483. The second kappa shape index (κ2) is 6.20. The van der Waals surface area contributed by atoms with E-state index in [9.17, 15) is 9.90 Å². The van der Waals surface area contributed by atoms with Crippen molar-refractivity contribution >= 4 is 6.09 Å². The summed E-state index contributed by atoms with van der Waals surface area (Å²) in [5.74, 6) is 0. The lowest BCUT2D eigenvalue weighted by Crippen LogP contribution is -2.47. The first kappa shape index (κ1) is 15.0. The fraction of sp³-hybridized carbons (Fsp3) is 0.769. The number of aliphatic hydroxyl groups excluding tert-OH is 1. The summed E-state index contributed by atoms with van der Waals surface area (Å²) in [6.07, 6.45) is 0.377. The SMILES string of the molecule is C=C1CCO[C@H](CO)N(C(=O)OC(C)(C)C)CC1. The molecule has 0 radical (unpaired) electrons. The fourth-order valence-corrected chi connectivity index (χ4v) is 1.66. The fourth-order valence-electron chi connectivity index (χ4n) is 1.66. The Morgan fingerprint density at radius 1 is 1.56 bits per heavy atom. The van der Waals surface area contributed by atoms with E-state index in [1.807, 2.05) is 20.8 Å². The van der Waals surface area contributed by atoms with E-state index >= 15 is 0 Å². The molecule has 0 spiro atoms. The molecule has 1 heterocycles. The molecule has 1 N–H and O–H groups in total. The maximum Gasteiger partial charge on any atom is 0.412 e. The number of ether oxygens (including phenoxy) is 2. The van der Waals surface area contributed by atoms with Crippen molar-refractivity contribution in [2.45, 2.75) is 45.4 Å². The van der Waals surface area contributed by atoms with E-state index < -0.39 is 17.9 Å². The summed E-state index contributed by atoms with van der Waals surface area (Å²) in [6.45, 7) is 10.0. The third kappa shape index (κ3) is 4.66. The van der Waals surface area contributed by atoms with Crippen LogP contribution in [0.4, 0.5) is 4.79 Å². The predicted molar refractivity (Wildman–Crippen MR) is 68.1 cm³/mol. The van der Waals surface area contributed by atoms with Crippen LogP contribution in [0.2, 0.25) is 0 Å². The molecule has 1 aliphatic rings. The van der Waals surface area contributed by atoms with Gasteiger partial charge in [0.25, 0.3) is 0 Å². The molecule has 1 fully saturated rings. The molecule has 0 aromatic heterocycles. The number of nitrogens with zero attached hydrogens (tertiary/aromatic N) is 1. The van der Waals surface area contributed by atoms with Crippen molar-refractivity contribution in [1.29, 1.82) is 0 Å². The summed E-state index contributed by atoms with van der Waals surface area (Å²) in [7, 11) is 0. The molecule has 0 aromatic carbocycles. The Hall–Kier alpha value is -1.07. The molecular weight excluding hydrogens is 234 g/mol. The summed E-state index contributed by atoms with van der Waals surface area (Å²) in [4.78, 5) is 13.5. The van der Waals surface area contributed by atoms with Gasteiger partial charge >= 0.3 is 6.09 Å². The first-order valence-electron chi connectivity index (χ1n) is 6.22. The highest BCUT2D eigenvalue weighted by Crippen LogP contribution is 2.17. The van der Waals surface area contributed by atoms with Crippen LogP contribution in [0.1, 0.15) is 33.6 Å². The van der Waals surface area contributed by atoms with Gasteiger partial charge in [0, 0.05) is 6.54 Å². The molecular formula is C13H23NO4. The van der Waals surface area contributed by atoms with Crippen LogP contribution in [-0.2, 0) is 9.47 Å².